The highest BCUT2D eigenvalue weighted by Gasteiger charge is 2.13. The highest BCUT2D eigenvalue weighted by molar-refractivity contribution is 5.92. The molecule has 0 aliphatic rings. The van der Waals surface area contributed by atoms with Crippen LogP contribution >= 0.6 is 0 Å². The molecule has 7 heteroatoms. The van der Waals surface area contributed by atoms with Gasteiger partial charge in [0, 0.05) is 11.6 Å². The summed E-state index contributed by atoms with van der Waals surface area (Å²) in [5.74, 6) is 1.35. The second-order valence-corrected chi connectivity index (χ2v) is 5.47. The molecule has 1 aromatic heterocycles. The molecule has 1 heterocycles. The first-order chi connectivity index (χ1) is 10.4. The highest BCUT2D eigenvalue weighted by atomic mass is 16.5. The van der Waals surface area contributed by atoms with Crippen LogP contribution < -0.4 is 5.32 Å². The molecule has 118 valence electrons. The molecule has 0 radical (unpaired) electrons. The predicted octanol–water partition coefficient (Wildman–Crippen LogP) is 1.97. The maximum Gasteiger partial charge on any atom is 0.238 e. The molecule has 0 saturated heterocycles. The Kier molecular flexibility index (Phi) is 5.11. The third-order valence-corrected chi connectivity index (χ3v) is 2.95. The summed E-state index contributed by atoms with van der Waals surface area (Å²) in [7, 11) is 1.81. The molecule has 7 nitrogen and oxygen atoms in total. The number of aromatic hydroxyl groups is 1. The molecule has 0 aliphatic carbocycles. The summed E-state index contributed by atoms with van der Waals surface area (Å²) in [6, 6.07) is 6.32. The van der Waals surface area contributed by atoms with Crippen LogP contribution in [0.25, 0.3) is 0 Å². The van der Waals surface area contributed by atoms with Gasteiger partial charge in [0.25, 0.3) is 0 Å². The number of amides is 1. The Hall–Kier alpha value is -2.41. The Morgan fingerprint density at radius 1 is 1.36 bits per heavy atom. The van der Waals surface area contributed by atoms with Crippen molar-refractivity contribution in [3.63, 3.8) is 0 Å². The van der Waals surface area contributed by atoms with Crippen LogP contribution in [0.5, 0.6) is 5.75 Å². The normalized spacial score (nSPS) is 11.1. The average molecular weight is 304 g/mol. The van der Waals surface area contributed by atoms with Crippen LogP contribution in [0.3, 0.4) is 0 Å². The SMILES string of the molecule is CC(C)c1nc(CN(C)CC(=O)Nc2ccc(O)cc2)no1. The molecular weight excluding hydrogens is 284 g/mol. The van der Waals surface area contributed by atoms with Gasteiger partial charge in [-0.05, 0) is 31.3 Å². The van der Waals surface area contributed by atoms with Gasteiger partial charge in [-0.25, -0.2) is 0 Å². The Balaban J connectivity index is 1.84. The molecule has 22 heavy (non-hydrogen) atoms. The van der Waals surface area contributed by atoms with Gasteiger partial charge in [0.15, 0.2) is 5.82 Å². The summed E-state index contributed by atoms with van der Waals surface area (Å²) in [5.41, 5.74) is 0.637. The van der Waals surface area contributed by atoms with Gasteiger partial charge in [-0.2, -0.15) is 4.98 Å². The number of nitrogens with one attached hydrogen (secondary N) is 1. The van der Waals surface area contributed by atoms with E-state index in [4.69, 9.17) is 4.52 Å². The summed E-state index contributed by atoms with van der Waals surface area (Å²) in [6.45, 7) is 4.59. The summed E-state index contributed by atoms with van der Waals surface area (Å²) in [4.78, 5) is 18.0. The molecule has 0 atom stereocenters. The Bertz CT molecular complexity index is 622. The first-order valence-corrected chi connectivity index (χ1v) is 7.04. The first-order valence-electron chi connectivity index (χ1n) is 7.04. The van der Waals surface area contributed by atoms with Crippen LogP contribution in [-0.4, -0.2) is 39.6 Å². The molecule has 0 aliphatic heterocycles. The third-order valence-electron chi connectivity index (χ3n) is 2.95. The van der Waals surface area contributed by atoms with Gasteiger partial charge in [0.1, 0.15) is 5.75 Å². The molecule has 2 N–H and O–H groups in total. The van der Waals surface area contributed by atoms with Crippen LogP contribution in [0.4, 0.5) is 5.69 Å². The van der Waals surface area contributed by atoms with E-state index in [0.717, 1.165) is 0 Å². The van der Waals surface area contributed by atoms with Crippen LogP contribution in [0, 0.1) is 0 Å². The van der Waals surface area contributed by atoms with Crippen LogP contribution in [0.2, 0.25) is 0 Å². The zero-order chi connectivity index (χ0) is 16.1. The van der Waals surface area contributed by atoms with Crippen molar-refractivity contribution in [1.82, 2.24) is 15.0 Å². The molecule has 0 fully saturated rings. The number of hydrogen-bond acceptors (Lipinski definition) is 6. The fourth-order valence-electron chi connectivity index (χ4n) is 1.85. The minimum absolute atomic E-state index is 0.152. The summed E-state index contributed by atoms with van der Waals surface area (Å²) < 4.78 is 5.13. The number of phenols is 1. The lowest BCUT2D eigenvalue weighted by Gasteiger charge is -2.14. The van der Waals surface area contributed by atoms with E-state index in [-0.39, 0.29) is 24.1 Å². The van der Waals surface area contributed by atoms with Gasteiger partial charge in [-0.15, -0.1) is 0 Å². The number of benzene rings is 1. The molecule has 1 amide bonds. The second kappa shape index (κ2) is 7.04. The Morgan fingerprint density at radius 3 is 2.64 bits per heavy atom. The lowest BCUT2D eigenvalue weighted by Crippen LogP contribution is -2.30. The lowest BCUT2D eigenvalue weighted by molar-refractivity contribution is -0.117. The third kappa shape index (κ3) is 4.56. The Labute approximate surface area is 128 Å². The molecule has 0 bridgehead atoms. The van der Waals surface area contributed by atoms with Crippen molar-refractivity contribution < 1.29 is 14.4 Å². The van der Waals surface area contributed by atoms with Crippen molar-refractivity contribution in [3.05, 3.63) is 36.0 Å². The molecule has 2 rings (SSSR count). The van der Waals surface area contributed by atoms with Gasteiger partial charge in [0.2, 0.25) is 11.8 Å². The van der Waals surface area contributed by atoms with Gasteiger partial charge in [-0.1, -0.05) is 19.0 Å². The van der Waals surface area contributed by atoms with Gasteiger partial charge < -0.3 is 14.9 Å². The number of aromatic nitrogens is 2. The van der Waals surface area contributed by atoms with E-state index < -0.39 is 0 Å². The molecule has 1 aromatic carbocycles. The van der Waals surface area contributed by atoms with Crippen molar-refractivity contribution in [2.24, 2.45) is 0 Å². The summed E-state index contributed by atoms with van der Waals surface area (Å²) in [5, 5.41) is 15.8. The fraction of sp³-hybridized carbons (Fsp3) is 0.400. The number of rotatable bonds is 6. The van der Waals surface area contributed by atoms with Crippen LogP contribution in [0.1, 0.15) is 31.5 Å². The highest BCUT2D eigenvalue weighted by Crippen LogP contribution is 2.14. The largest absolute Gasteiger partial charge is 0.508 e. The maximum absolute atomic E-state index is 11.9. The standard InChI is InChI=1S/C15H20N4O3/c1-10(2)15-17-13(18-22-15)8-19(3)9-14(21)16-11-4-6-12(20)7-5-11/h4-7,10,20H,8-9H2,1-3H3,(H,16,21). The average Bonchev–Trinajstić information content (AvgIpc) is 2.89. The second-order valence-electron chi connectivity index (χ2n) is 5.47. The van der Waals surface area contributed by atoms with Crippen molar-refractivity contribution in [2.75, 3.05) is 18.9 Å². The fourth-order valence-corrected chi connectivity index (χ4v) is 1.85. The number of carbonyl (C=O) groups excluding carboxylic acids is 1. The van der Waals surface area contributed by atoms with Gasteiger partial charge in [0.05, 0.1) is 13.1 Å². The summed E-state index contributed by atoms with van der Waals surface area (Å²) >= 11 is 0. The van der Waals surface area contributed by atoms with Gasteiger partial charge >= 0.3 is 0 Å². The topological polar surface area (TPSA) is 91.5 Å². The van der Waals surface area contributed by atoms with E-state index in [1.807, 2.05) is 20.9 Å². The number of nitrogens with zero attached hydrogens (tertiary/aromatic N) is 3. The minimum atomic E-state index is -0.152. The van der Waals surface area contributed by atoms with Crippen LogP contribution in [0.15, 0.2) is 28.8 Å². The molecule has 0 unspecified atom stereocenters. The van der Waals surface area contributed by atoms with Gasteiger partial charge in [-0.3, -0.25) is 9.69 Å². The number of likely N-dealkylation sites (N-methyl/N-ethyl adjacent to an activating group) is 1. The van der Waals surface area contributed by atoms with Crippen molar-refractivity contribution in [1.29, 1.82) is 0 Å². The summed E-state index contributed by atoms with van der Waals surface area (Å²) in [6.07, 6.45) is 0. The minimum Gasteiger partial charge on any atom is -0.508 e. The molecule has 2 aromatic rings. The molecule has 0 spiro atoms. The molecule has 0 saturated carbocycles. The van der Waals surface area contributed by atoms with Crippen molar-refractivity contribution in [2.45, 2.75) is 26.3 Å². The predicted molar refractivity (Wildman–Crippen MR) is 81.5 cm³/mol. The van der Waals surface area contributed by atoms with E-state index >= 15 is 0 Å². The van der Waals surface area contributed by atoms with Crippen LogP contribution in [-0.2, 0) is 11.3 Å². The number of hydrogen-bond donors (Lipinski definition) is 2. The van der Waals surface area contributed by atoms with E-state index in [0.29, 0.717) is 23.9 Å². The van der Waals surface area contributed by atoms with E-state index in [2.05, 4.69) is 15.5 Å². The number of carbonyl (C=O) groups is 1. The number of phenolic OH excluding ortho intramolecular Hbond substituents is 1. The molecular formula is C15H20N4O3. The monoisotopic (exact) mass is 304 g/mol. The first kappa shape index (κ1) is 16.0. The van der Waals surface area contributed by atoms with E-state index in [9.17, 15) is 9.90 Å². The quantitative estimate of drug-likeness (QED) is 0.793. The number of anilines is 1. The maximum atomic E-state index is 11.9. The lowest BCUT2D eigenvalue weighted by atomic mass is 10.2. The van der Waals surface area contributed by atoms with E-state index in [1.165, 1.54) is 12.1 Å². The Morgan fingerprint density at radius 2 is 2.05 bits per heavy atom. The zero-order valence-corrected chi connectivity index (χ0v) is 12.9. The van der Waals surface area contributed by atoms with Crippen molar-refractivity contribution >= 4 is 11.6 Å². The smallest absolute Gasteiger partial charge is 0.238 e. The van der Waals surface area contributed by atoms with Crippen molar-refractivity contribution in [3.8, 4) is 5.75 Å². The van der Waals surface area contributed by atoms with E-state index in [1.54, 1.807) is 17.0 Å². The zero-order valence-electron chi connectivity index (χ0n) is 12.9.